The lowest BCUT2D eigenvalue weighted by atomic mass is 9.88. The van der Waals surface area contributed by atoms with Crippen LogP contribution in [0.4, 0.5) is 0 Å². The van der Waals surface area contributed by atoms with E-state index in [0.29, 0.717) is 12.8 Å². The van der Waals surface area contributed by atoms with E-state index >= 15 is 0 Å². The SMILES string of the molecule is C#CCCC(C)(C)C(=O)OC. The monoisotopic (exact) mass is 154 g/mol. The van der Waals surface area contributed by atoms with Crippen molar-refractivity contribution in [3.63, 3.8) is 0 Å². The van der Waals surface area contributed by atoms with E-state index in [0.717, 1.165) is 0 Å². The van der Waals surface area contributed by atoms with Crippen molar-refractivity contribution in [2.45, 2.75) is 26.7 Å². The summed E-state index contributed by atoms with van der Waals surface area (Å²) in [7, 11) is 1.39. The fourth-order valence-electron chi connectivity index (χ4n) is 0.763. The van der Waals surface area contributed by atoms with Crippen LogP contribution in [0.3, 0.4) is 0 Å². The molecule has 0 radical (unpaired) electrons. The predicted octanol–water partition coefficient (Wildman–Crippen LogP) is 1.60. The average molecular weight is 154 g/mol. The van der Waals surface area contributed by atoms with Crippen LogP contribution in [-0.4, -0.2) is 13.1 Å². The molecule has 0 aromatic carbocycles. The largest absolute Gasteiger partial charge is 0.469 e. The normalized spacial score (nSPS) is 10.4. The fraction of sp³-hybridized carbons (Fsp3) is 0.667. The van der Waals surface area contributed by atoms with Crippen molar-refractivity contribution in [3.05, 3.63) is 0 Å². The molecule has 0 aliphatic carbocycles. The Balaban J connectivity index is 4.01. The van der Waals surface area contributed by atoms with Gasteiger partial charge in [0.05, 0.1) is 12.5 Å². The van der Waals surface area contributed by atoms with E-state index in [2.05, 4.69) is 10.7 Å². The second kappa shape index (κ2) is 4.02. The first-order valence-electron chi connectivity index (χ1n) is 3.56. The number of hydrogen-bond donors (Lipinski definition) is 0. The smallest absolute Gasteiger partial charge is 0.311 e. The molecule has 0 aromatic rings. The summed E-state index contributed by atoms with van der Waals surface area (Å²) in [5.74, 6) is 2.29. The Hall–Kier alpha value is -0.970. The summed E-state index contributed by atoms with van der Waals surface area (Å²) in [4.78, 5) is 11.0. The minimum Gasteiger partial charge on any atom is -0.469 e. The molecule has 0 aliphatic heterocycles. The van der Waals surface area contributed by atoms with E-state index < -0.39 is 5.41 Å². The second-order valence-electron chi connectivity index (χ2n) is 3.08. The Bertz CT molecular complexity index is 174. The highest BCUT2D eigenvalue weighted by Gasteiger charge is 2.27. The number of methoxy groups -OCH3 is 1. The van der Waals surface area contributed by atoms with Crippen LogP contribution in [0.5, 0.6) is 0 Å². The third kappa shape index (κ3) is 3.08. The van der Waals surface area contributed by atoms with Gasteiger partial charge in [0.15, 0.2) is 0 Å². The summed E-state index contributed by atoms with van der Waals surface area (Å²) >= 11 is 0. The van der Waals surface area contributed by atoms with E-state index in [1.165, 1.54) is 7.11 Å². The summed E-state index contributed by atoms with van der Waals surface area (Å²) in [5, 5.41) is 0. The van der Waals surface area contributed by atoms with Gasteiger partial charge in [-0.05, 0) is 20.3 Å². The molecule has 62 valence electrons. The summed E-state index contributed by atoms with van der Waals surface area (Å²) in [5.41, 5.74) is -0.443. The zero-order chi connectivity index (χ0) is 8.91. The molecule has 0 N–H and O–H groups in total. The van der Waals surface area contributed by atoms with E-state index in [1.807, 2.05) is 13.8 Å². The molecule has 0 saturated carbocycles. The van der Waals surface area contributed by atoms with E-state index in [4.69, 9.17) is 6.42 Å². The molecular formula is C9H14O2. The molecular weight excluding hydrogens is 140 g/mol. The molecule has 0 atom stereocenters. The molecule has 2 nitrogen and oxygen atoms in total. The van der Waals surface area contributed by atoms with E-state index in [-0.39, 0.29) is 5.97 Å². The first kappa shape index (κ1) is 10.0. The molecule has 0 bridgehead atoms. The highest BCUT2D eigenvalue weighted by molar-refractivity contribution is 5.75. The maximum atomic E-state index is 11.0. The zero-order valence-electron chi connectivity index (χ0n) is 7.31. The molecule has 0 rings (SSSR count). The lowest BCUT2D eigenvalue weighted by Crippen LogP contribution is -2.25. The van der Waals surface area contributed by atoms with Crippen molar-refractivity contribution in [2.75, 3.05) is 7.11 Å². The third-order valence-corrected chi connectivity index (χ3v) is 1.63. The highest BCUT2D eigenvalue weighted by Crippen LogP contribution is 2.23. The van der Waals surface area contributed by atoms with Crippen LogP contribution >= 0.6 is 0 Å². The van der Waals surface area contributed by atoms with Gasteiger partial charge in [0.2, 0.25) is 0 Å². The Labute approximate surface area is 67.9 Å². The highest BCUT2D eigenvalue weighted by atomic mass is 16.5. The standard InChI is InChI=1S/C9H14O2/c1-5-6-7-9(2,3)8(10)11-4/h1H,6-7H2,2-4H3. The van der Waals surface area contributed by atoms with Crippen LogP contribution in [-0.2, 0) is 9.53 Å². The van der Waals surface area contributed by atoms with Gasteiger partial charge in [0.1, 0.15) is 0 Å². The van der Waals surface area contributed by atoms with Crippen molar-refractivity contribution in [3.8, 4) is 12.3 Å². The fourth-order valence-corrected chi connectivity index (χ4v) is 0.763. The molecule has 2 heteroatoms. The lowest BCUT2D eigenvalue weighted by Gasteiger charge is -2.19. The quantitative estimate of drug-likeness (QED) is 0.456. The molecule has 0 aromatic heterocycles. The van der Waals surface area contributed by atoms with Gasteiger partial charge in [0.25, 0.3) is 0 Å². The van der Waals surface area contributed by atoms with Crippen molar-refractivity contribution < 1.29 is 9.53 Å². The Morgan fingerprint density at radius 2 is 2.18 bits per heavy atom. The zero-order valence-corrected chi connectivity index (χ0v) is 7.31. The second-order valence-corrected chi connectivity index (χ2v) is 3.08. The number of hydrogen-bond acceptors (Lipinski definition) is 2. The summed E-state index contributed by atoms with van der Waals surface area (Å²) in [6.07, 6.45) is 6.37. The predicted molar refractivity (Wildman–Crippen MR) is 43.9 cm³/mol. The number of carbonyl (C=O) groups is 1. The number of carbonyl (C=O) groups excluding carboxylic acids is 1. The Kier molecular flexibility index (Phi) is 3.67. The number of ether oxygens (including phenoxy) is 1. The van der Waals surface area contributed by atoms with Gasteiger partial charge in [-0.3, -0.25) is 4.79 Å². The molecule has 0 saturated heterocycles. The van der Waals surface area contributed by atoms with Crippen LogP contribution < -0.4 is 0 Å². The van der Waals surface area contributed by atoms with Crippen molar-refractivity contribution in [1.82, 2.24) is 0 Å². The summed E-state index contributed by atoms with van der Waals surface area (Å²) in [6, 6.07) is 0. The molecule has 0 spiro atoms. The molecule has 0 aliphatic rings. The minimum atomic E-state index is -0.443. The minimum absolute atomic E-state index is 0.201. The van der Waals surface area contributed by atoms with Gasteiger partial charge >= 0.3 is 5.97 Å². The van der Waals surface area contributed by atoms with Crippen molar-refractivity contribution >= 4 is 5.97 Å². The van der Waals surface area contributed by atoms with Gasteiger partial charge in [-0.15, -0.1) is 12.3 Å². The molecule has 0 heterocycles. The van der Waals surface area contributed by atoms with Crippen LogP contribution in [0.15, 0.2) is 0 Å². The summed E-state index contributed by atoms with van der Waals surface area (Å²) < 4.78 is 4.60. The van der Waals surface area contributed by atoms with Gasteiger partial charge in [-0.25, -0.2) is 0 Å². The van der Waals surface area contributed by atoms with E-state index in [9.17, 15) is 4.79 Å². The average Bonchev–Trinajstić information content (AvgIpc) is 1.99. The molecule has 0 fully saturated rings. The van der Waals surface area contributed by atoms with Crippen LogP contribution in [0.25, 0.3) is 0 Å². The molecule has 0 unspecified atom stereocenters. The van der Waals surface area contributed by atoms with Crippen LogP contribution in [0.1, 0.15) is 26.7 Å². The van der Waals surface area contributed by atoms with Crippen LogP contribution in [0, 0.1) is 17.8 Å². The van der Waals surface area contributed by atoms with Crippen LogP contribution in [0.2, 0.25) is 0 Å². The maximum absolute atomic E-state index is 11.0. The van der Waals surface area contributed by atoms with Gasteiger partial charge in [-0.1, -0.05) is 0 Å². The Morgan fingerprint density at radius 1 is 1.64 bits per heavy atom. The van der Waals surface area contributed by atoms with Gasteiger partial charge in [0, 0.05) is 6.42 Å². The maximum Gasteiger partial charge on any atom is 0.311 e. The first-order chi connectivity index (χ1) is 5.04. The topological polar surface area (TPSA) is 26.3 Å². The van der Waals surface area contributed by atoms with E-state index in [1.54, 1.807) is 0 Å². The Morgan fingerprint density at radius 3 is 2.55 bits per heavy atom. The molecule has 0 amide bonds. The third-order valence-electron chi connectivity index (χ3n) is 1.63. The van der Waals surface area contributed by atoms with Crippen molar-refractivity contribution in [2.24, 2.45) is 5.41 Å². The number of terminal acetylenes is 1. The summed E-state index contributed by atoms with van der Waals surface area (Å²) in [6.45, 7) is 3.66. The number of rotatable bonds is 3. The first-order valence-corrected chi connectivity index (χ1v) is 3.56. The lowest BCUT2D eigenvalue weighted by molar-refractivity contribution is -0.151. The van der Waals surface area contributed by atoms with Gasteiger partial charge in [-0.2, -0.15) is 0 Å². The molecule has 11 heavy (non-hydrogen) atoms. The van der Waals surface area contributed by atoms with Gasteiger partial charge < -0.3 is 4.74 Å². The van der Waals surface area contributed by atoms with Crippen molar-refractivity contribution in [1.29, 1.82) is 0 Å². The number of esters is 1.